The Balaban J connectivity index is 2.01. The molecule has 5 nitrogen and oxygen atoms in total. The van der Waals surface area contributed by atoms with E-state index in [2.05, 4.69) is 0 Å². The molecule has 118 valence electrons. The number of halogens is 2. The molecule has 2 aromatic carbocycles. The van der Waals surface area contributed by atoms with Crippen LogP contribution in [0.15, 0.2) is 62.6 Å². The summed E-state index contributed by atoms with van der Waals surface area (Å²) in [4.78, 5) is 10.8. The monoisotopic (exact) mass is 354 g/mol. The first-order valence-corrected chi connectivity index (χ1v) is 8.07. The van der Waals surface area contributed by atoms with Gasteiger partial charge < -0.3 is 8.60 Å². The third-order valence-corrected chi connectivity index (χ3v) is 4.70. The zero-order valence-electron chi connectivity index (χ0n) is 11.3. The summed E-state index contributed by atoms with van der Waals surface area (Å²) >= 11 is 5.74. The standard InChI is InChI=1S/C15H8ClFO5S/c16-12-7-10(17)3-5-14(12)23(19,20)22-11-4-1-9-2-6-15(18)21-13(9)8-11/h1-8H. The normalized spacial score (nSPS) is 11.6. The Labute approximate surface area is 135 Å². The fourth-order valence-electron chi connectivity index (χ4n) is 1.94. The summed E-state index contributed by atoms with van der Waals surface area (Å²) in [6.45, 7) is 0. The van der Waals surface area contributed by atoms with E-state index in [4.69, 9.17) is 20.2 Å². The van der Waals surface area contributed by atoms with Crippen LogP contribution in [0.5, 0.6) is 5.75 Å². The minimum Gasteiger partial charge on any atom is -0.423 e. The molecule has 0 aliphatic rings. The highest BCUT2D eigenvalue weighted by Crippen LogP contribution is 2.27. The lowest BCUT2D eigenvalue weighted by atomic mass is 10.2. The van der Waals surface area contributed by atoms with Gasteiger partial charge in [0.15, 0.2) is 0 Å². The molecule has 0 amide bonds. The predicted octanol–water partition coefficient (Wildman–Crippen LogP) is 3.35. The number of hydrogen-bond donors (Lipinski definition) is 0. The van der Waals surface area contributed by atoms with Crippen LogP contribution in [-0.2, 0) is 10.1 Å². The molecule has 0 saturated heterocycles. The first-order chi connectivity index (χ1) is 10.8. The van der Waals surface area contributed by atoms with Gasteiger partial charge in [-0.05, 0) is 36.4 Å². The van der Waals surface area contributed by atoms with Gasteiger partial charge in [0.05, 0.1) is 5.02 Å². The summed E-state index contributed by atoms with van der Waals surface area (Å²) in [5.41, 5.74) is -0.394. The molecule has 0 atom stereocenters. The van der Waals surface area contributed by atoms with Gasteiger partial charge in [-0.3, -0.25) is 0 Å². The largest absolute Gasteiger partial charge is 0.423 e. The Morgan fingerprint density at radius 3 is 2.52 bits per heavy atom. The molecule has 0 N–H and O–H groups in total. The Kier molecular flexibility index (Phi) is 3.83. The average molecular weight is 355 g/mol. The van der Waals surface area contributed by atoms with Crippen LogP contribution >= 0.6 is 11.6 Å². The Bertz CT molecular complexity index is 1060. The zero-order valence-corrected chi connectivity index (χ0v) is 12.9. The van der Waals surface area contributed by atoms with Gasteiger partial charge in [0, 0.05) is 17.5 Å². The van der Waals surface area contributed by atoms with Crippen LogP contribution in [0, 0.1) is 5.82 Å². The fraction of sp³-hybridized carbons (Fsp3) is 0. The van der Waals surface area contributed by atoms with Crippen LogP contribution in [0.25, 0.3) is 11.0 Å². The number of hydrogen-bond acceptors (Lipinski definition) is 5. The summed E-state index contributed by atoms with van der Waals surface area (Å²) in [5, 5.41) is 0.312. The van der Waals surface area contributed by atoms with Crippen molar-refractivity contribution in [1.82, 2.24) is 0 Å². The predicted molar refractivity (Wildman–Crippen MR) is 81.7 cm³/mol. The molecule has 0 aliphatic carbocycles. The van der Waals surface area contributed by atoms with E-state index < -0.39 is 21.6 Å². The molecule has 0 saturated carbocycles. The van der Waals surface area contributed by atoms with Gasteiger partial charge in [0.25, 0.3) is 0 Å². The van der Waals surface area contributed by atoms with Crippen molar-refractivity contribution >= 4 is 32.7 Å². The first kappa shape index (κ1) is 15.5. The SMILES string of the molecule is O=c1ccc2ccc(OS(=O)(=O)c3ccc(F)cc3Cl)cc2o1. The Hall–Kier alpha value is -2.38. The lowest BCUT2D eigenvalue weighted by Crippen LogP contribution is -2.10. The van der Waals surface area contributed by atoms with Crippen molar-refractivity contribution < 1.29 is 21.4 Å². The van der Waals surface area contributed by atoms with E-state index in [1.165, 1.54) is 30.3 Å². The summed E-state index contributed by atoms with van der Waals surface area (Å²) in [6.07, 6.45) is 0. The molecule has 0 fully saturated rings. The van der Waals surface area contributed by atoms with Gasteiger partial charge in [-0.25, -0.2) is 9.18 Å². The van der Waals surface area contributed by atoms with Gasteiger partial charge in [-0.15, -0.1) is 0 Å². The molecule has 0 unspecified atom stereocenters. The molecule has 0 radical (unpaired) electrons. The molecule has 1 aromatic heterocycles. The molecule has 3 aromatic rings. The van der Waals surface area contributed by atoms with E-state index in [9.17, 15) is 17.6 Å². The van der Waals surface area contributed by atoms with E-state index in [1.54, 1.807) is 0 Å². The minimum absolute atomic E-state index is 0.0627. The quantitative estimate of drug-likeness (QED) is 0.532. The minimum atomic E-state index is -4.26. The third kappa shape index (κ3) is 3.20. The second-order valence-electron chi connectivity index (χ2n) is 4.57. The van der Waals surface area contributed by atoms with Crippen LogP contribution in [-0.4, -0.2) is 8.42 Å². The average Bonchev–Trinajstić information content (AvgIpc) is 2.45. The first-order valence-electron chi connectivity index (χ1n) is 6.29. The second kappa shape index (κ2) is 5.68. The number of rotatable bonds is 3. The summed E-state index contributed by atoms with van der Waals surface area (Å²) in [6, 6.07) is 9.83. The highest BCUT2D eigenvalue weighted by Gasteiger charge is 2.21. The van der Waals surface area contributed by atoms with Gasteiger partial charge >= 0.3 is 15.7 Å². The zero-order chi connectivity index (χ0) is 16.6. The van der Waals surface area contributed by atoms with E-state index >= 15 is 0 Å². The van der Waals surface area contributed by atoms with Crippen LogP contribution < -0.4 is 9.81 Å². The van der Waals surface area contributed by atoms with Crippen molar-refractivity contribution in [2.45, 2.75) is 4.90 Å². The third-order valence-electron chi connectivity index (χ3n) is 2.96. The summed E-state index contributed by atoms with van der Waals surface area (Å²) < 4.78 is 47.4. The lowest BCUT2D eigenvalue weighted by molar-refractivity contribution is 0.485. The van der Waals surface area contributed by atoms with Gasteiger partial charge in [0.1, 0.15) is 22.0 Å². The van der Waals surface area contributed by atoms with Crippen molar-refractivity contribution in [2.75, 3.05) is 0 Å². The summed E-state index contributed by atoms with van der Waals surface area (Å²) in [5.74, 6) is -0.728. The smallest absolute Gasteiger partial charge is 0.340 e. The van der Waals surface area contributed by atoms with Gasteiger partial charge in [-0.2, -0.15) is 8.42 Å². The highest BCUT2D eigenvalue weighted by molar-refractivity contribution is 7.87. The molecular weight excluding hydrogens is 347 g/mol. The van der Waals surface area contributed by atoms with Crippen molar-refractivity contribution in [1.29, 1.82) is 0 Å². The maximum atomic E-state index is 13.0. The topological polar surface area (TPSA) is 73.6 Å². The molecule has 3 rings (SSSR count). The van der Waals surface area contributed by atoms with E-state index in [0.29, 0.717) is 5.39 Å². The summed E-state index contributed by atoms with van der Waals surface area (Å²) in [7, 11) is -4.26. The number of benzene rings is 2. The van der Waals surface area contributed by atoms with Crippen LogP contribution in [0.2, 0.25) is 5.02 Å². The molecular formula is C15H8ClFO5S. The molecule has 0 aliphatic heterocycles. The van der Waals surface area contributed by atoms with Crippen LogP contribution in [0.1, 0.15) is 0 Å². The molecule has 8 heteroatoms. The van der Waals surface area contributed by atoms with Crippen LogP contribution in [0.4, 0.5) is 4.39 Å². The maximum absolute atomic E-state index is 13.0. The molecule has 0 spiro atoms. The Morgan fingerprint density at radius 2 is 1.78 bits per heavy atom. The molecule has 23 heavy (non-hydrogen) atoms. The maximum Gasteiger partial charge on any atom is 0.340 e. The lowest BCUT2D eigenvalue weighted by Gasteiger charge is -2.08. The van der Waals surface area contributed by atoms with Gasteiger partial charge in [0.2, 0.25) is 0 Å². The highest BCUT2D eigenvalue weighted by atomic mass is 35.5. The van der Waals surface area contributed by atoms with E-state index in [1.807, 2.05) is 0 Å². The van der Waals surface area contributed by atoms with Gasteiger partial charge in [-0.1, -0.05) is 11.6 Å². The fourth-order valence-corrected chi connectivity index (χ4v) is 3.37. The number of fused-ring (bicyclic) bond motifs is 1. The van der Waals surface area contributed by atoms with Crippen molar-refractivity contribution in [3.8, 4) is 5.75 Å². The molecule has 1 heterocycles. The van der Waals surface area contributed by atoms with E-state index in [0.717, 1.165) is 18.2 Å². The van der Waals surface area contributed by atoms with E-state index in [-0.39, 0.29) is 21.3 Å². The van der Waals surface area contributed by atoms with Crippen LogP contribution in [0.3, 0.4) is 0 Å². The second-order valence-corrected chi connectivity index (χ2v) is 6.49. The van der Waals surface area contributed by atoms with Crippen molar-refractivity contribution in [3.05, 3.63) is 69.8 Å². The Morgan fingerprint density at radius 1 is 1.04 bits per heavy atom. The van der Waals surface area contributed by atoms with Crippen molar-refractivity contribution in [2.24, 2.45) is 0 Å². The van der Waals surface area contributed by atoms with Crippen molar-refractivity contribution in [3.63, 3.8) is 0 Å². The molecule has 0 bridgehead atoms.